The first-order valence-electron chi connectivity index (χ1n) is 10.9. The second kappa shape index (κ2) is 8.33. The van der Waals surface area contributed by atoms with Gasteiger partial charge >= 0.3 is 0 Å². The van der Waals surface area contributed by atoms with Gasteiger partial charge in [0.1, 0.15) is 12.4 Å². The van der Waals surface area contributed by atoms with E-state index in [2.05, 4.69) is 17.9 Å². The van der Waals surface area contributed by atoms with Gasteiger partial charge in [0.2, 0.25) is 10.0 Å². The highest BCUT2D eigenvalue weighted by Crippen LogP contribution is 2.33. The maximum absolute atomic E-state index is 12.2. The number of nitrogens with zero attached hydrogens (tertiary/aromatic N) is 2. The molecule has 28 heavy (non-hydrogen) atoms. The van der Waals surface area contributed by atoms with Gasteiger partial charge in [0.05, 0.1) is 6.26 Å². The standard InChI is InChI=1S/C22H34N2O3S/c1-17-16-27-22-11-8-19(14-24(21-9-10-21)28(2,25)26)12-20(22)15-23(17)13-18-6-4-3-5-7-18/h8,11-12,17-18,21H,3-7,9-10,13-16H2,1-2H3/t17-/m0/s1. The molecule has 1 heterocycles. The largest absolute Gasteiger partial charge is 0.492 e. The van der Waals surface area contributed by atoms with E-state index in [0.717, 1.165) is 49.8 Å². The highest BCUT2D eigenvalue weighted by atomic mass is 32.2. The van der Waals surface area contributed by atoms with Gasteiger partial charge in [-0.15, -0.1) is 0 Å². The van der Waals surface area contributed by atoms with Gasteiger partial charge in [-0.25, -0.2) is 8.42 Å². The van der Waals surface area contributed by atoms with E-state index in [9.17, 15) is 8.42 Å². The molecule has 1 atom stereocenters. The molecular weight excluding hydrogens is 372 g/mol. The molecule has 0 saturated heterocycles. The van der Waals surface area contributed by atoms with Gasteiger partial charge in [-0.1, -0.05) is 25.3 Å². The highest BCUT2D eigenvalue weighted by molar-refractivity contribution is 7.88. The summed E-state index contributed by atoms with van der Waals surface area (Å²) in [6, 6.07) is 6.82. The predicted molar refractivity (Wildman–Crippen MR) is 112 cm³/mol. The molecule has 1 aliphatic heterocycles. The molecule has 0 amide bonds. The molecule has 0 radical (unpaired) electrons. The zero-order valence-corrected chi connectivity index (χ0v) is 18.1. The Balaban J connectivity index is 1.50. The van der Waals surface area contributed by atoms with Gasteiger partial charge in [-0.3, -0.25) is 4.90 Å². The highest BCUT2D eigenvalue weighted by Gasteiger charge is 2.35. The van der Waals surface area contributed by atoms with Crippen LogP contribution in [0, 0.1) is 5.92 Å². The summed E-state index contributed by atoms with van der Waals surface area (Å²) in [5.41, 5.74) is 2.26. The van der Waals surface area contributed by atoms with Crippen LogP contribution in [0.5, 0.6) is 5.75 Å². The molecule has 1 aromatic rings. The van der Waals surface area contributed by atoms with Crippen molar-refractivity contribution in [2.24, 2.45) is 5.92 Å². The Bertz CT molecular complexity index is 785. The molecule has 156 valence electrons. The topological polar surface area (TPSA) is 49.9 Å². The first-order valence-corrected chi connectivity index (χ1v) is 12.7. The fourth-order valence-corrected chi connectivity index (χ4v) is 5.83. The molecule has 0 bridgehead atoms. The van der Waals surface area contributed by atoms with E-state index in [4.69, 9.17) is 4.74 Å². The van der Waals surface area contributed by atoms with E-state index in [1.807, 2.05) is 12.1 Å². The number of ether oxygens (including phenoxy) is 1. The first-order chi connectivity index (χ1) is 13.4. The van der Waals surface area contributed by atoms with Gasteiger partial charge in [-0.2, -0.15) is 4.31 Å². The summed E-state index contributed by atoms with van der Waals surface area (Å²) >= 11 is 0. The van der Waals surface area contributed by atoms with Gasteiger partial charge in [0, 0.05) is 37.3 Å². The van der Waals surface area contributed by atoms with Crippen LogP contribution in [0.3, 0.4) is 0 Å². The summed E-state index contributed by atoms with van der Waals surface area (Å²) in [5, 5.41) is 0. The molecule has 3 aliphatic rings. The number of hydrogen-bond donors (Lipinski definition) is 0. The Hall–Kier alpha value is -1.11. The number of hydrogen-bond acceptors (Lipinski definition) is 4. The maximum Gasteiger partial charge on any atom is 0.211 e. The lowest BCUT2D eigenvalue weighted by molar-refractivity contribution is 0.125. The zero-order valence-electron chi connectivity index (χ0n) is 17.3. The van der Waals surface area contributed by atoms with E-state index in [1.54, 1.807) is 4.31 Å². The fraction of sp³-hybridized carbons (Fsp3) is 0.727. The second-order valence-corrected chi connectivity index (χ2v) is 11.0. The van der Waals surface area contributed by atoms with Crippen LogP contribution in [0.25, 0.3) is 0 Å². The summed E-state index contributed by atoms with van der Waals surface area (Å²) in [5.74, 6) is 1.76. The van der Waals surface area contributed by atoms with Crippen molar-refractivity contribution in [3.63, 3.8) is 0 Å². The van der Waals surface area contributed by atoms with E-state index in [0.29, 0.717) is 12.6 Å². The molecule has 2 aliphatic carbocycles. The minimum Gasteiger partial charge on any atom is -0.492 e. The number of fused-ring (bicyclic) bond motifs is 1. The van der Waals surface area contributed by atoms with Crippen molar-refractivity contribution in [3.05, 3.63) is 29.3 Å². The van der Waals surface area contributed by atoms with Crippen LogP contribution < -0.4 is 4.74 Å². The van der Waals surface area contributed by atoms with E-state index >= 15 is 0 Å². The lowest BCUT2D eigenvalue weighted by atomic mass is 9.88. The molecule has 2 saturated carbocycles. The smallest absolute Gasteiger partial charge is 0.211 e. The van der Waals surface area contributed by atoms with Crippen LogP contribution in [-0.4, -0.2) is 49.1 Å². The average molecular weight is 407 g/mol. The van der Waals surface area contributed by atoms with Crippen molar-refractivity contribution in [2.45, 2.75) is 77.0 Å². The van der Waals surface area contributed by atoms with Crippen LogP contribution in [-0.2, 0) is 23.1 Å². The van der Waals surface area contributed by atoms with Crippen molar-refractivity contribution in [1.82, 2.24) is 9.21 Å². The fourth-order valence-electron chi connectivity index (χ4n) is 4.69. The third-order valence-corrected chi connectivity index (χ3v) is 7.82. The van der Waals surface area contributed by atoms with Crippen LogP contribution in [0.1, 0.15) is 63.0 Å². The SMILES string of the molecule is C[C@H]1COc2ccc(CN(C3CC3)S(C)(=O)=O)cc2CN1CC1CCCCC1. The molecule has 6 heteroatoms. The summed E-state index contributed by atoms with van der Waals surface area (Å²) in [6.45, 7) is 5.48. The Morgan fingerprint density at radius 1 is 1.14 bits per heavy atom. The van der Waals surface area contributed by atoms with Crippen molar-refractivity contribution in [2.75, 3.05) is 19.4 Å². The van der Waals surface area contributed by atoms with Crippen molar-refractivity contribution >= 4 is 10.0 Å². The monoisotopic (exact) mass is 406 g/mol. The van der Waals surface area contributed by atoms with Crippen LogP contribution in [0.15, 0.2) is 18.2 Å². The summed E-state index contributed by atoms with van der Waals surface area (Å²) in [6.07, 6.45) is 10.1. The summed E-state index contributed by atoms with van der Waals surface area (Å²) in [4.78, 5) is 2.57. The molecule has 0 spiro atoms. The van der Waals surface area contributed by atoms with Gasteiger partial charge < -0.3 is 4.74 Å². The zero-order chi connectivity index (χ0) is 19.7. The normalized spacial score (nSPS) is 24.6. The molecule has 0 aromatic heterocycles. The summed E-state index contributed by atoms with van der Waals surface area (Å²) in [7, 11) is -3.18. The Kier molecular flexibility index (Phi) is 6.00. The quantitative estimate of drug-likeness (QED) is 0.721. The van der Waals surface area contributed by atoms with Crippen molar-refractivity contribution < 1.29 is 13.2 Å². The van der Waals surface area contributed by atoms with Crippen molar-refractivity contribution in [1.29, 1.82) is 0 Å². The first kappa shape index (κ1) is 20.2. The number of benzene rings is 1. The minimum absolute atomic E-state index is 0.188. The third kappa shape index (κ3) is 4.89. The van der Waals surface area contributed by atoms with Crippen LogP contribution in [0.2, 0.25) is 0 Å². The van der Waals surface area contributed by atoms with Crippen molar-refractivity contribution in [3.8, 4) is 5.75 Å². The van der Waals surface area contributed by atoms with Gasteiger partial charge in [-0.05, 0) is 56.2 Å². The predicted octanol–water partition coefficient (Wildman–Crippen LogP) is 3.77. The molecular formula is C22H34N2O3S. The molecule has 5 nitrogen and oxygen atoms in total. The maximum atomic E-state index is 12.2. The van der Waals surface area contributed by atoms with Crippen LogP contribution >= 0.6 is 0 Å². The average Bonchev–Trinajstić information content (AvgIpc) is 3.49. The third-order valence-electron chi connectivity index (χ3n) is 6.54. The summed E-state index contributed by atoms with van der Waals surface area (Å²) < 4.78 is 32.1. The lowest BCUT2D eigenvalue weighted by Crippen LogP contribution is -2.38. The Morgan fingerprint density at radius 2 is 1.89 bits per heavy atom. The van der Waals surface area contributed by atoms with E-state index < -0.39 is 10.0 Å². The Labute approximate surface area is 170 Å². The molecule has 2 fully saturated rings. The van der Waals surface area contributed by atoms with Gasteiger partial charge in [0.25, 0.3) is 0 Å². The number of sulfonamides is 1. The Morgan fingerprint density at radius 3 is 2.57 bits per heavy atom. The second-order valence-electron chi connectivity index (χ2n) is 9.07. The van der Waals surface area contributed by atoms with Gasteiger partial charge in [0.15, 0.2) is 0 Å². The lowest BCUT2D eigenvalue weighted by Gasteiger charge is -2.32. The van der Waals surface area contributed by atoms with E-state index in [1.165, 1.54) is 43.9 Å². The van der Waals surface area contributed by atoms with Crippen LogP contribution in [0.4, 0.5) is 0 Å². The van der Waals surface area contributed by atoms with E-state index in [-0.39, 0.29) is 6.04 Å². The number of rotatable bonds is 6. The minimum atomic E-state index is -3.18. The molecule has 4 rings (SSSR count). The molecule has 0 unspecified atom stereocenters. The molecule has 1 aromatic carbocycles. The molecule has 0 N–H and O–H groups in total.